The van der Waals surface area contributed by atoms with Crippen LogP contribution < -0.4 is 5.73 Å². The Bertz CT molecular complexity index is 355. The Labute approximate surface area is 86.8 Å². The summed E-state index contributed by atoms with van der Waals surface area (Å²) >= 11 is 5.67. The number of halogens is 1. The average Bonchev–Trinajstić information content (AvgIpc) is 2.17. The fourth-order valence-corrected chi connectivity index (χ4v) is 1.30. The molecule has 0 aliphatic heterocycles. The highest BCUT2D eigenvalue weighted by Crippen LogP contribution is 2.27. The van der Waals surface area contributed by atoms with E-state index < -0.39 is 4.92 Å². The molecule has 1 unspecified atom stereocenters. The molecule has 0 amide bonds. The van der Waals surface area contributed by atoms with Crippen LogP contribution in [0.25, 0.3) is 0 Å². The molecular weight excluding hydrogens is 204 g/mol. The minimum Gasteiger partial charge on any atom is -0.330 e. The first-order valence-electron chi connectivity index (χ1n) is 4.20. The lowest BCUT2D eigenvalue weighted by Gasteiger charge is -2.08. The van der Waals surface area contributed by atoms with Gasteiger partial charge in [0.05, 0.1) is 4.92 Å². The van der Waals surface area contributed by atoms with Crippen molar-refractivity contribution >= 4 is 17.3 Å². The van der Waals surface area contributed by atoms with Crippen molar-refractivity contribution < 1.29 is 4.92 Å². The van der Waals surface area contributed by atoms with Crippen LogP contribution in [0.1, 0.15) is 18.4 Å². The van der Waals surface area contributed by atoms with Crippen molar-refractivity contribution in [2.45, 2.75) is 12.8 Å². The molecule has 0 fully saturated rings. The third-order valence-electron chi connectivity index (χ3n) is 2.09. The number of nitrogens with two attached hydrogens (primary N) is 1. The summed E-state index contributed by atoms with van der Waals surface area (Å²) in [6.07, 6.45) is 0. The molecule has 0 bridgehead atoms. The van der Waals surface area contributed by atoms with Gasteiger partial charge in [-0.2, -0.15) is 0 Å². The zero-order valence-corrected chi connectivity index (χ0v) is 8.49. The van der Waals surface area contributed by atoms with Crippen molar-refractivity contribution in [3.8, 4) is 0 Å². The lowest BCUT2D eigenvalue weighted by Crippen LogP contribution is -2.09. The monoisotopic (exact) mass is 214 g/mol. The SMILES string of the molecule is CC(CN)c1ccc(Cl)c([N+](=O)[O-])c1. The number of nitro groups is 1. The van der Waals surface area contributed by atoms with Gasteiger partial charge in [0.25, 0.3) is 5.69 Å². The molecule has 0 heterocycles. The second-order valence-electron chi connectivity index (χ2n) is 3.10. The van der Waals surface area contributed by atoms with Gasteiger partial charge in [0.15, 0.2) is 0 Å². The van der Waals surface area contributed by atoms with Gasteiger partial charge in [0.1, 0.15) is 5.02 Å². The molecular formula is C9H11ClN2O2. The molecule has 1 aromatic carbocycles. The Morgan fingerprint density at radius 2 is 2.29 bits per heavy atom. The van der Waals surface area contributed by atoms with Crippen molar-refractivity contribution in [1.29, 1.82) is 0 Å². The molecule has 1 atom stereocenters. The predicted octanol–water partition coefficient (Wildman–Crippen LogP) is 2.31. The van der Waals surface area contributed by atoms with Crippen LogP contribution in [0.4, 0.5) is 5.69 Å². The standard InChI is InChI=1S/C9H11ClN2O2/c1-6(5-11)7-2-3-8(10)9(4-7)12(13)14/h2-4,6H,5,11H2,1H3. The Morgan fingerprint density at radius 1 is 1.64 bits per heavy atom. The van der Waals surface area contributed by atoms with Crippen molar-refractivity contribution in [2.75, 3.05) is 6.54 Å². The van der Waals surface area contributed by atoms with E-state index in [-0.39, 0.29) is 16.6 Å². The maximum Gasteiger partial charge on any atom is 0.288 e. The predicted molar refractivity (Wildman–Crippen MR) is 55.6 cm³/mol. The molecule has 0 aromatic heterocycles. The lowest BCUT2D eigenvalue weighted by molar-refractivity contribution is -0.384. The van der Waals surface area contributed by atoms with E-state index >= 15 is 0 Å². The summed E-state index contributed by atoms with van der Waals surface area (Å²) in [6, 6.07) is 4.76. The van der Waals surface area contributed by atoms with E-state index in [1.165, 1.54) is 12.1 Å². The first kappa shape index (κ1) is 10.9. The molecule has 0 radical (unpaired) electrons. The maximum atomic E-state index is 10.6. The summed E-state index contributed by atoms with van der Waals surface area (Å²) in [6.45, 7) is 2.37. The summed E-state index contributed by atoms with van der Waals surface area (Å²) in [5.74, 6) is 0.103. The maximum absolute atomic E-state index is 10.6. The second-order valence-corrected chi connectivity index (χ2v) is 3.51. The first-order valence-corrected chi connectivity index (χ1v) is 4.58. The molecule has 14 heavy (non-hydrogen) atoms. The van der Waals surface area contributed by atoms with E-state index in [1.54, 1.807) is 6.07 Å². The smallest absolute Gasteiger partial charge is 0.288 e. The van der Waals surface area contributed by atoms with Crippen LogP contribution in [-0.2, 0) is 0 Å². The van der Waals surface area contributed by atoms with Crippen molar-refractivity contribution in [3.63, 3.8) is 0 Å². The highest BCUT2D eigenvalue weighted by molar-refractivity contribution is 6.32. The van der Waals surface area contributed by atoms with E-state index in [2.05, 4.69) is 0 Å². The molecule has 0 aliphatic carbocycles. The summed E-state index contributed by atoms with van der Waals surface area (Å²) < 4.78 is 0. The van der Waals surface area contributed by atoms with Gasteiger partial charge in [-0.15, -0.1) is 0 Å². The van der Waals surface area contributed by atoms with E-state index in [1.807, 2.05) is 6.92 Å². The molecule has 0 spiro atoms. The zero-order valence-electron chi connectivity index (χ0n) is 7.74. The Hall–Kier alpha value is -1.13. The van der Waals surface area contributed by atoms with Crippen LogP contribution in [0.3, 0.4) is 0 Å². The number of benzene rings is 1. The molecule has 2 N–H and O–H groups in total. The molecule has 5 heteroatoms. The fraction of sp³-hybridized carbons (Fsp3) is 0.333. The van der Waals surface area contributed by atoms with Crippen LogP contribution in [0, 0.1) is 10.1 Å². The van der Waals surface area contributed by atoms with E-state index in [9.17, 15) is 10.1 Å². The number of nitrogens with zero attached hydrogens (tertiary/aromatic N) is 1. The average molecular weight is 215 g/mol. The minimum absolute atomic E-state index is 0.0653. The van der Waals surface area contributed by atoms with Crippen LogP contribution >= 0.6 is 11.6 Å². The Balaban J connectivity index is 3.12. The van der Waals surface area contributed by atoms with Gasteiger partial charge in [-0.05, 0) is 24.1 Å². The van der Waals surface area contributed by atoms with Gasteiger partial charge >= 0.3 is 0 Å². The number of nitro benzene ring substituents is 1. The largest absolute Gasteiger partial charge is 0.330 e. The first-order chi connectivity index (χ1) is 6.56. The van der Waals surface area contributed by atoms with Gasteiger partial charge in [0, 0.05) is 6.07 Å². The van der Waals surface area contributed by atoms with Crippen LogP contribution in [0.2, 0.25) is 5.02 Å². The Morgan fingerprint density at radius 3 is 2.79 bits per heavy atom. The highest BCUT2D eigenvalue weighted by atomic mass is 35.5. The van der Waals surface area contributed by atoms with Gasteiger partial charge in [-0.1, -0.05) is 24.6 Å². The van der Waals surface area contributed by atoms with Gasteiger partial charge in [-0.25, -0.2) is 0 Å². The second kappa shape index (κ2) is 4.39. The quantitative estimate of drug-likeness (QED) is 0.620. The topological polar surface area (TPSA) is 69.2 Å². The van der Waals surface area contributed by atoms with E-state index in [0.717, 1.165) is 5.56 Å². The molecule has 76 valence electrons. The van der Waals surface area contributed by atoms with Crippen LogP contribution in [-0.4, -0.2) is 11.5 Å². The summed E-state index contributed by atoms with van der Waals surface area (Å²) in [4.78, 5) is 10.1. The lowest BCUT2D eigenvalue weighted by atomic mass is 10.0. The number of rotatable bonds is 3. The summed E-state index contributed by atoms with van der Waals surface area (Å²) in [5, 5.41) is 10.7. The highest BCUT2D eigenvalue weighted by Gasteiger charge is 2.14. The summed E-state index contributed by atoms with van der Waals surface area (Å²) in [7, 11) is 0. The van der Waals surface area contributed by atoms with Crippen molar-refractivity contribution in [3.05, 3.63) is 38.9 Å². The van der Waals surface area contributed by atoms with E-state index in [4.69, 9.17) is 17.3 Å². The normalized spacial score (nSPS) is 12.5. The third kappa shape index (κ3) is 2.21. The van der Waals surface area contributed by atoms with Crippen LogP contribution in [0.5, 0.6) is 0 Å². The summed E-state index contributed by atoms with van der Waals surface area (Å²) in [5.41, 5.74) is 6.24. The van der Waals surface area contributed by atoms with Gasteiger partial charge < -0.3 is 5.73 Å². The molecule has 0 saturated heterocycles. The number of hydrogen-bond donors (Lipinski definition) is 1. The van der Waals surface area contributed by atoms with Gasteiger partial charge in [0.2, 0.25) is 0 Å². The zero-order chi connectivity index (χ0) is 10.7. The van der Waals surface area contributed by atoms with E-state index in [0.29, 0.717) is 6.54 Å². The van der Waals surface area contributed by atoms with Crippen LogP contribution in [0.15, 0.2) is 18.2 Å². The molecule has 1 aromatic rings. The third-order valence-corrected chi connectivity index (χ3v) is 2.41. The van der Waals surface area contributed by atoms with Crippen molar-refractivity contribution in [1.82, 2.24) is 0 Å². The molecule has 1 rings (SSSR count). The molecule has 0 aliphatic rings. The fourth-order valence-electron chi connectivity index (χ4n) is 1.11. The Kier molecular flexibility index (Phi) is 3.43. The minimum atomic E-state index is -0.491. The number of hydrogen-bond acceptors (Lipinski definition) is 3. The molecule has 0 saturated carbocycles. The van der Waals surface area contributed by atoms with Gasteiger partial charge in [-0.3, -0.25) is 10.1 Å². The molecule has 4 nitrogen and oxygen atoms in total. The van der Waals surface area contributed by atoms with Crippen molar-refractivity contribution in [2.24, 2.45) is 5.73 Å².